The summed E-state index contributed by atoms with van der Waals surface area (Å²) in [4.78, 5) is 12.5. The molecule has 3 heteroatoms. The first kappa shape index (κ1) is 24.4. The highest BCUT2D eigenvalue weighted by Crippen LogP contribution is 2.37. The SMILES string of the molecule is CCCC1CCC(c2ccc(OC(=O)c3ccc(OCCC[C@@H](C)CC)cc3)cc2)CC1. The highest BCUT2D eigenvalue weighted by atomic mass is 16.5. The molecule has 1 aliphatic rings. The van der Waals surface area contributed by atoms with Gasteiger partial charge in [0, 0.05) is 0 Å². The van der Waals surface area contributed by atoms with E-state index in [-0.39, 0.29) is 5.97 Å². The van der Waals surface area contributed by atoms with Gasteiger partial charge >= 0.3 is 5.97 Å². The van der Waals surface area contributed by atoms with Crippen molar-refractivity contribution in [3.63, 3.8) is 0 Å². The highest BCUT2D eigenvalue weighted by molar-refractivity contribution is 5.91. The number of hydrogen-bond donors (Lipinski definition) is 0. The minimum Gasteiger partial charge on any atom is -0.494 e. The van der Waals surface area contributed by atoms with Crippen molar-refractivity contribution in [2.45, 2.75) is 84.5 Å². The first-order valence-corrected chi connectivity index (χ1v) is 12.6. The zero-order valence-electron chi connectivity index (χ0n) is 20.1. The Morgan fingerprint density at radius 3 is 2.22 bits per heavy atom. The van der Waals surface area contributed by atoms with Crippen molar-refractivity contribution < 1.29 is 14.3 Å². The molecule has 3 nitrogen and oxygen atoms in total. The van der Waals surface area contributed by atoms with E-state index in [9.17, 15) is 4.79 Å². The molecule has 1 aliphatic carbocycles. The number of rotatable bonds is 11. The van der Waals surface area contributed by atoms with Crippen LogP contribution in [0.3, 0.4) is 0 Å². The first-order valence-electron chi connectivity index (χ1n) is 12.6. The Labute approximate surface area is 194 Å². The quantitative estimate of drug-likeness (QED) is 0.202. The minimum absolute atomic E-state index is 0.332. The molecule has 0 amide bonds. The van der Waals surface area contributed by atoms with Gasteiger partial charge in [-0.25, -0.2) is 4.79 Å². The first-order chi connectivity index (χ1) is 15.6. The summed E-state index contributed by atoms with van der Waals surface area (Å²) in [5, 5.41) is 0. The van der Waals surface area contributed by atoms with E-state index < -0.39 is 0 Å². The van der Waals surface area contributed by atoms with Gasteiger partial charge in [-0.05, 0) is 98.2 Å². The summed E-state index contributed by atoms with van der Waals surface area (Å²) in [5.74, 6) is 3.36. The second-order valence-corrected chi connectivity index (χ2v) is 9.49. The fraction of sp³-hybridized carbons (Fsp3) is 0.552. The molecule has 0 heterocycles. The van der Waals surface area contributed by atoms with Gasteiger partial charge in [0.2, 0.25) is 0 Å². The zero-order valence-corrected chi connectivity index (χ0v) is 20.1. The van der Waals surface area contributed by atoms with Crippen molar-refractivity contribution in [1.82, 2.24) is 0 Å². The van der Waals surface area contributed by atoms with Gasteiger partial charge in [-0.2, -0.15) is 0 Å². The van der Waals surface area contributed by atoms with E-state index in [0.29, 0.717) is 23.8 Å². The molecule has 32 heavy (non-hydrogen) atoms. The molecule has 3 rings (SSSR count). The Morgan fingerprint density at radius 1 is 0.938 bits per heavy atom. The summed E-state index contributed by atoms with van der Waals surface area (Å²) in [6.45, 7) is 7.48. The maximum absolute atomic E-state index is 12.5. The smallest absolute Gasteiger partial charge is 0.343 e. The zero-order chi connectivity index (χ0) is 22.8. The number of benzene rings is 2. The fourth-order valence-electron chi connectivity index (χ4n) is 4.68. The predicted octanol–water partition coefficient (Wildman–Crippen LogP) is 8.18. The van der Waals surface area contributed by atoms with Crippen LogP contribution in [-0.4, -0.2) is 12.6 Å². The van der Waals surface area contributed by atoms with Gasteiger partial charge in [0.15, 0.2) is 0 Å². The van der Waals surface area contributed by atoms with Crippen LogP contribution < -0.4 is 9.47 Å². The average molecular weight is 437 g/mol. The summed E-state index contributed by atoms with van der Waals surface area (Å²) in [5.41, 5.74) is 1.91. The number of carbonyl (C=O) groups excluding carboxylic acids is 1. The van der Waals surface area contributed by atoms with Gasteiger partial charge in [-0.3, -0.25) is 0 Å². The number of hydrogen-bond acceptors (Lipinski definition) is 3. The third kappa shape index (κ3) is 7.39. The number of ether oxygens (including phenoxy) is 2. The molecule has 0 saturated heterocycles. The molecular weight excluding hydrogens is 396 g/mol. The van der Waals surface area contributed by atoms with Crippen LogP contribution in [-0.2, 0) is 0 Å². The molecule has 1 atom stereocenters. The molecule has 0 aromatic heterocycles. The normalized spacial score (nSPS) is 19.3. The minimum atomic E-state index is -0.332. The predicted molar refractivity (Wildman–Crippen MR) is 132 cm³/mol. The van der Waals surface area contributed by atoms with E-state index >= 15 is 0 Å². The molecule has 1 saturated carbocycles. The van der Waals surface area contributed by atoms with Crippen LogP contribution in [0.4, 0.5) is 0 Å². The Bertz CT molecular complexity index is 801. The lowest BCUT2D eigenvalue weighted by molar-refractivity contribution is 0.0734. The molecule has 2 aromatic carbocycles. The highest BCUT2D eigenvalue weighted by Gasteiger charge is 2.22. The van der Waals surface area contributed by atoms with Crippen LogP contribution in [0.15, 0.2) is 48.5 Å². The van der Waals surface area contributed by atoms with Crippen molar-refractivity contribution in [3.8, 4) is 11.5 Å². The molecular formula is C29H40O3. The topological polar surface area (TPSA) is 35.5 Å². The molecule has 174 valence electrons. The van der Waals surface area contributed by atoms with E-state index in [2.05, 4.69) is 32.9 Å². The van der Waals surface area contributed by atoms with E-state index in [1.165, 1.54) is 56.9 Å². The molecule has 2 aromatic rings. The van der Waals surface area contributed by atoms with E-state index in [1.807, 2.05) is 24.3 Å². The standard InChI is InChI=1S/C29H40O3/c1-4-7-23-9-11-24(12-10-23)25-13-19-28(20-14-25)32-29(30)26-15-17-27(18-16-26)31-21-6-8-22(3)5-2/h13-20,22-24H,4-12,21H2,1-3H3/t22-,23?,24?/m0/s1. The van der Waals surface area contributed by atoms with Gasteiger partial charge in [0.25, 0.3) is 0 Å². The van der Waals surface area contributed by atoms with Crippen LogP contribution >= 0.6 is 0 Å². The van der Waals surface area contributed by atoms with E-state index in [4.69, 9.17) is 9.47 Å². The van der Waals surface area contributed by atoms with Crippen LogP contribution in [0.5, 0.6) is 11.5 Å². The molecule has 1 fully saturated rings. The van der Waals surface area contributed by atoms with Crippen LogP contribution in [0.1, 0.15) is 100 Å². The lowest BCUT2D eigenvalue weighted by Gasteiger charge is -2.28. The monoisotopic (exact) mass is 436 g/mol. The molecule has 0 N–H and O–H groups in total. The van der Waals surface area contributed by atoms with Crippen molar-refractivity contribution in [1.29, 1.82) is 0 Å². The summed E-state index contributed by atoms with van der Waals surface area (Å²) in [6.07, 6.45) is 11.3. The van der Waals surface area contributed by atoms with Crippen molar-refractivity contribution >= 4 is 5.97 Å². The van der Waals surface area contributed by atoms with Gasteiger partial charge in [0.1, 0.15) is 11.5 Å². The van der Waals surface area contributed by atoms with Crippen molar-refractivity contribution in [2.24, 2.45) is 11.8 Å². The van der Waals surface area contributed by atoms with Crippen LogP contribution in [0.2, 0.25) is 0 Å². The Balaban J connectivity index is 1.45. The van der Waals surface area contributed by atoms with E-state index in [0.717, 1.165) is 24.0 Å². The molecule has 0 unspecified atom stereocenters. The van der Waals surface area contributed by atoms with Crippen LogP contribution in [0, 0.1) is 11.8 Å². The summed E-state index contributed by atoms with van der Waals surface area (Å²) in [7, 11) is 0. The van der Waals surface area contributed by atoms with Gasteiger partial charge in [0.05, 0.1) is 12.2 Å². The number of esters is 1. The van der Waals surface area contributed by atoms with Gasteiger partial charge in [-0.1, -0.05) is 52.2 Å². The van der Waals surface area contributed by atoms with Crippen LogP contribution in [0.25, 0.3) is 0 Å². The molecule has 0 aliphatic heterocycles. The summed E-state index contributed by atoms with van der Waals surface area (Å²) < 4.78 is 11.4. The fourth-order valence-corrected chi connectivity index (χ4v) is 4.68. The van der Waals surface area contributed by atoms with Crippen molar-refractivity contribution in [2.75, 3.05) is 6.61 Å². The lowest BCUT2D eigenvalue weighted by Crippen LogP contribution is -2.13. The Kier molecular flexibility index (Phi) is 9.64. The Hall–Kier alpha value is -2.29. The largest absolute Gasteiger partial charge is 0.494 e. The molecule has 0 bridgehead atoms. The summed E-state index contributed by atoms with van der Waals surface area (Å²) >= 11 is 0. The van der Waals surface area contributed by atoms with E-state index in [1.54, 1.807) is 12.1 Å². The van der Waals surface area contributed by atoms with Gasteiger partial charge in [-0.15, -0.1) is 0 Å². The maximum Gasteiger partial charge on any atom is 0.343 e. The second kappa shape index (κ2) is 12.7. The lowest BCUT2D eigenvalue weighted by atomic mass is 9.77. The average Bonchev–Trinajstić information content (AvgIpc) is 2.83. The third-order valence-corrected chi connectivity index (χ3v) is 7.00. The second-order valence-electron chi connectivity index (χ2n) is 9.49. The number of carbonyl (C=O) groups is 1. The maximum atomic E-state index is 12.5. The van der Waals surface area contributed by atoms with Gasteiger partial charge < -0.3 is 9.47 Å². The van der Waals surface area contributed by atoms with Crippen molar-refractivity contribution in [3.05, 3.63) is 59.7 Å². The molecule has 0 spiro atoms. The summed E-state index contributed by atoms with van der Waals surface area (Å²) in [6, 6.07) is 15.4. The third-order valence-electron chi connectivity index (χ3n) is 7.00. The molecule has 0 radical (unpaired) electrons. The Morgan fingerprint density at radius 2 is 1.59 bits per heavy atom.